The second kappa shape index (κ2) is 8.83. The Labute approximate surface area is 185 Å². The first-order chi connectivity index (χ1) is 14.7. The van der Waals surface area contributed by atoms with E-state index < -0.39 is 0 Å². The van der Waals surface area contributed by atoms with Crippen molar-refractivity contribution in [2.24, 2.45) is 0 Å². The van der Waals surface area contributed by atoms with Gasteiger partial charge in [0, 0.05) is 6.42 Å². The van der Waals surface area contributed by atoms with Gasteiger partial charge in [-0.15, -0.1) is 11.3 Å². The summed E-state index contributed by atoms with van der Waals surface area (Å²) in [5.41, 5.74) is 2.27. The van der Waals surface area contributed by atoms with Gasteiger partial charge in [-0.25, -0.2) is 4.98 Å². The lowest BCUT2D eigenvalue weighted by Gasteiger charge is -2.23. The SMILES string of the molecule is C[NH+]1CCc2c(sc3nc(SCC[NH+]4CCCCC4)n(-c4ccccc4)c(=O)c23)C1. The molecular weight excluding hydrogens is 412 g/mol. The molecule has 30 heavy (non-hydrogen) atoms. The molecule has 0 aliphatic carbocycles. The fraction of sp³-hybridized carbons (Fsp3) is 0.478. The summed E-state index contributed by atoms with van der Waals surface area (Å²) < 4.78 is 1.86. The predicted molar refractivity (Wildman–Crippen MR) is 125 cm³/mol. The Morgan fingerprint density at radius 1 is 1.13 bits per heavy atom. The number of fused-ring (bicyclic) bond motifs is 3. The van der Waals surface area contributed by atoms with Crippen molar-refractivity contribution in [3.63, 3.8) is 0 Å². The standard InChI is InChI=1S/C23H28N4OS2/c1-25-13-10-18-19(16-25)30-21-20(18)22(28)27(17-8-4-2-5-9-17)23(24-21)29-15-14-26-11-6-3-7-12-26/h2,4-5,8-9H,3,6-7,10-16H2,1H3/p+2. The fourth-order valence-electron chi connectivity index (χ4n) is 4.73. The van der Waals surface area contributed by atoms with E-state index in [1.54, 1.807) is 28.0 Å². The van der Waals surface area contributed by atoms with Crippen LogP contribution in [0.5, 0.6) is 0 Å². The first-order valence-electron chi connectivity index (χ1n) is 11.1. The van der Waals surface area contributed by atoms with Crippen LogP contribution in [0.25, 0.3) is 15.9 Å². The van der Waals surface area contributed by atoms with Gasteiger partial charge in [0.15, 0.2) is 5.16 Å². The molecule has 1 fully saturated rings. The summed E-state index contributed by atoms with van der Waals surface area (Å²) in [6, 6.07) is 10.0. The van der Waals surface area contributed by atoms with Crippen LogP contribution in [0, 0.1) is 0 Å². The van der Waals surface area contributed by atoms with Crippen LogP contribution >= 0.6 is 23.1 Å². The Balaban J connectivity index is 1.53. The number of quaternary nitrogens is 2. The van der Waals surface area contributed by atoms with E-state index in [9.17, 15) is 4.79 Å². The normalized spacial score (nSPS) is 19.8. The van der Waals surface area contributed by atoms with Gasteiger partial charge in [0.05, 0.1) is 54.9 Å². The van der Waals surface area contributed by atoms with Gasteiger partial charge in [0.1, 0.15) is 11.4 Å². The summed E-state index contributed by atoms with van der Waals surface area (Å²) in [4.78, 5) is 24.3. The van der Waals surface area contributed by atoms with Crippen molar-refractivity contribution in [3.05, 3.63) is 51.1 Å². The minimum absolute atomic E-state index is 0.107. The van der Waals surface area contributed by atoms with Crippen LogP contribution in [0.15, 0.2) is 40.3 Å². The zero-order valence-corrected chi connectivity index (χ0v) is 19.2. The molecule has 1 unspecified atom stereocenters. The first-order valence-corrected chi connectivity index (χ1v) is 12.9. The Morgan fingerprint density at radius 2 is 1.93 bits per heavy atom. The van der Waals surface area contributed by atoms with Crippen LogP contribution in [-0.2, 0) is 13.0 Å². The molecule has 5 rings (SSSR count). The van der Waals surface area contributed by atoms with Crippen LogP contribution in [0.1, 0.15) is 29.7 Å². The summed E-state index contributed by atoms with van der Waals surface area (Å²) in [7, 11) is 2.23. The number of para-hydroxylation sites is 1. The highest BCUT2D eigenvalue weighted by molar-refractivity contribution is 7.99. The molecule has 158 valence electrons. The van der Waals surface area contributed by atoms with Crippen molar-refractivity contribution in [1.82, 2.24) is 9.55 Å². The van der Waals surface area contributed by atoms with Gasteiger partial charge in [-0.05, 0) is 37.0 Å². The van der Waals surface area contributed by atoms with Crippen LogP contribution < -0.4 is 15.4 Å². The molecule has 2 N–H and O–H groups in total. The van der Waals surface area contributed by atoms with Crippen molar-refractivity contribution < 1.29 is 9.80 Å². The zero-order valence-electron chi connectivity index (χ0n) is 17.6. The van der Waals surface area contributed by atoms with Gasteiger partial charge < -0.3 is 9.80 Å². The topological polar surface area (TPSA) is 43.8 Å². The maximum atomic E-state index is 13.7. The van der Waals surface area contributed by atoms with E-state index in [-0.39, 0.29) is 5.56 Å². The Morgan fingerprint density at radius 3 is 2.73 bits per heavy atom. The summed E-state index contributed by atoms with van der Waals surface area (Å²) in [6.07, 6.45) is 5.03. The molecule has 2 aromatic heterocycles. The summed E-state index contributed by atoms with van der Waals surface area (Å²) in [6.45, 7) is 5.79. The van der Waals surface area contributed by atoms with E-state index >= 15 is 0 Å². The number of thiophene rings is 1. The van der Waals surface area contributed by atoms with Crippen LogP contribution in [0.2, 0.25) is 0 Å². The summed E-state index contributed by atoms with van der Waals surface area (Å²) >= 11 is 3.48. The molecule has 1 aromatic carbocycles. The molecule has 1 atom stereocenters. The van der Waals surface area contributed by atoms with Crippen LogP contribution in [-0.4, -0.2) is 48.5 Å². The summed E-state index contributed by atoms with van der Waals surface area (Å²) in [5.74, 6) is 0.998. The summed E-state index contributed by atoms with van der Waals surface area (Å²) in [5, 5.41) is 1.70. The molecule has 2 aliphatic rings. The molecule has 0 saturated carbocycles. The number of nitrogens with zero attached hydrogens (tertiary/aromatic N) is 2. The third-order valence-electron chi connectivity index (χ3n) is 6.40. The lowest BCUT2D eigenvalue weighted by molar-refractivity contribution is -0.902. The molecule has 3 aromatic rings. The van der Waals surface area contributed by atoms with E-state index in [0.29, 0.717) is 0 Å². The molecular formula is C23H30N4OS2+2. The minimum atomic E-state index is 0.107. The smallest absolute Gasteiger partial charge is 0.267 e. The van der Waals surface area contributed by atoms with Crippen LogP contribution in [0.4, 0.5) is 0 Å². The molecule has 7 heteroatoms. The van der Waals surface area contributed by atoms with Gasteiger partial charge in [-0.2, -0.15) is 0 Å². The number of benzene rings is 1. The zero-order chi connectivity index (χ0) is 20.5. The Hall–Kier alpha value is -1.67. The average molecular weight is 443 g/mol. The van der Waals surface area contributed by atoms with Crippen molar-refractivity contribution >= 4 is 33.3 Å². The van der Waals surface area contributed by atoms with E-state index in [1.807, 2.05) is 34.9 Å². The number of aromatic nitrogens is 2. The Bertz CT molecular complexity index is 1090. The predicted octanol–water partition coefficient (Wildman–Crippen LogP) is 1.18. The first kappa shape index (κ1) is 20.2. The Kier molecular flexibility index (Phi) is 5.96. The quantitative estimate of drug-likeness (QED) is 0.461. The van der Waals surface area contributed by atoms with Gasteiger partial charge in [-0.3, -0.25) is 9.36 Å². The fourth-order valence-corrected chi connectivity index (χ4v) is 7.16. The molecule has 4 heterocycles. The highest BCUT2D eigenvalue weighted by Gasteiger charge is 2.26. The average Bonchev–Trinajstić information content (AvgIpc) is 3.13. The molecule has 0 radical (unpaired) electrons. The molecule has 0 spiro atoms. The largest absolute Gasteiger partial charge is 0.334 e. The van der Waals surface area contributed by atoms with Gasteiger partial charge in [0.2, 0.25) is 0 Å². The number of nitrogens with one attached hydrogen (secondary N) is 2. The maximum absolute atomic E-state index is 13.7. The van der Waals surface area contributed by atoms with Gasteiger partial charge in [0.25, 0.3) is 5.56 Å². The van der Waals surface area contributed by atoms with Crippen molar-refractivity contribution in [2.75, 3.05) is 39.0 Å². The lowest BCUT2D eigenvalue weighted by atomic mass is 10.1. The third-order valence-corrected chi connectivity index (χ3v) is 8.47. The molecule has 2 aliphatic heterocycles. The second-order valence-corrected chi connectivity index (χ2v) is 10.7. The van der Waals surface area contributed by atoms with Crippen molar-refractivity contribution in [3.8, 4) is 5.69 Å². The number of rotatable bonds is 5. The van der Waals surface area contributed by atoms with Gasteiger partial charge >= 0.3 is 0 Å². The van der Waals surface area contributed by atoms with Gasteiger partial charge in [-0.1, -0.05) is 30.0 Å². The number of thioether (sulfide) groups is 1. The molecule has 5 nitrogen and oxygen atoms in total. The monoisotopic (exact) mass is 442 g/mol. The molecule has 1 saturated heterocycles. The molecule has 0 amide bonds. The molecule has 0 bridgehead atoms. The lowest BCUT2D eigenvalue weighted by Crippen LogP contribution is -3.13. The maximum Gasteiger partial charge on any atom is 0.267 e. The van der Waals surface area contributed by atoms with E-state index in [2.05, 4.69) is 7.05 Å². The number of hydrogen-bond acceptors (Lipinski definition) is 4. The van der Waals surface area contributed by atoms with E-state index in [4.69, 9.17) is 4.98 Å². The number of likely N-dealkylation sites (N-methyl/N-ethyl adjacent to an activating group) is 1. The number of piperidine rings is 1. The van der Waals surface area contributed by atoms with E-state index in [0.717, 1.165) is 52.9 Å². The van der Waals surface area contributed by atoms with E-state index in [1.165, 1.54) is 47.7 Å². The van der Waals surface area contributed by atoms with Crippen LogP contribution in [0.3, 0.4) is 0 Å². The second-order valence-electron chi connectivity index (χ2n) is 8.60. The van der Waals surface area contributed by atoms with Crippen molar-refractivity contribution in [2.45, 2.75) is 37.4 Å². The highest BCUT2D eigenvalue weighted by Crippen LogP contribution is 2.31. The highest BCUT2D eigenvalue weighted by atomic mass is 32.2. The van der Waals surface area contributed by atoms with Crippen molar-refractivity contribution in [1.29, 1.82) is 0 Å². The minimum Gasteiger partial charge on any atom is -0.334 e. The number of likely N-dealkylation sites (tertiary alicyclic amines) is 1. The third kappa shape index (κ3) is 3.96. The number of hydrogen-bond donors (Lipinski definition) is 2.